The number of aromatic nitrogens is 2. The van der Waals surface area contributed by atoms with Gasteiger partial charge in [-0.05, 0) is 17.2 Å². The van der Waals surface area contributed by atoms with Crippen LogP contribution in [0, 0.1) is 5.92 Å². The highest BCUT2D eigenvalue weighted by Crippen LogP contribution is 2.38. The Morgan fingerprint density at radius 2 is 2.26 bits per heavy atom. The highest BCUT2D eigenvalue weighted by atomic mass is 32.2. The highest BCUT2D eigenvalue weighted by Gasteiger charge is 2.36. The molecule has 1 aromatic heterocycles. The molecule has 3 atom stereocenters. The standard InChI is InChI=1S/C17H20N4OS/c1-21-9-11(6-19-21)13-7-18-8-14(13)17(22)20-15-10-23-16-5-3-2-4-12(15)16/h2-6,9,13-15,18H,7-8,10H2,1H3,(H,20,22)/t13-,14+,15?/m1/s1. The number of thioether (sulfide) groups is 1. The second kappa shape index (κ2) is 6.02. The molecule has 5 nitrogen and oxygen atoms in total. The largest absolute Gasteiger partial charge is 0.348 e. The van der Waals surface area contributed by atoms with Gasteiger partial charge in [-0.3, -0.25) is 9.48 Å². The number of nitrogens with zero attached hydrogens (tertiary/aromatic N) is 2. The molecule has 1 amide bonds. The zero-order chi connectivity index (χ0) is 15.8. The van der Waals surface area contributed by atoms with Gasteiger partial charge in [-0.2, -0.15) is 5.10 Å². The van der Waals surface area contributed by atoms with Gasteiger partial charge >= 0.3 is 0 Å². The minimum Gasteiger partial charge on any atom is -0.348 e. The van der Waals surface area contributed by atoms with Crippen molar-refractivity contribution in [3.05, 3.63) is 47.8 Å². The molecule has 2 aliphatic heterocycles. The molecule has 2 N–H and O–H groups in total. The average molecular weight is 328 g/mol. The van der Waals surface area contributed by atoms with E-state index in [-0.39, 0.29) is 23.8 Å². The van der Waals surface area contributed by atoms with E-state index < -0.39 is 0 Å². The van der Waals surface area contributed by atoms with Crippen LogP contribution in [0.1, 0.15) is 23.1 Å². The van der Waals surface area contributed by atoms with Crippen molar-refractivity contribution in [1.82, 2.24) is 20.4 Å². The fourth-order valence-electron chi connectivity index (χ4n) is 3.50. The smallest absolute Gasteiger partial charge is 0.225 e. The molecule has 4 rings (SSSR count). The van der Waals surface area contributed by atoms with Crippen molar-refractivity contribution in [2.75, 3.05) is 18.8 Å². The van der Waals surface area contributed by atoms with Gasteiger partial charge in [-0.15, -0.1) is 11.8 Å². The van der Waals surface area contributed by atoms with Crippen molar-refractivity contribution >= 4 is 17.7 Å². The first kappa shape index (κ1) is 14.8. The molecular formula is C17H20N4OS. The molecule has 2 aromatic rings. The first-order chi connectivity index (χ1) is 11.2. The number of amides is 1. The van der Waals surface area contributed by atoms with Gasteiger partial charge in [0.1, 0.15) is 0 Å². The van der Waals surface area contributed by atoms with Crippen molar-refractivity contribution in [2.24, 2.45) is 13.0 Å². The van der Waals surface area contributed by atoms with Crippen LogP contribution in [-0.4, -0.2) is 34.5 Å². The van der Waals surface area contributed by atoms with Crippen LogP contribution in [-0.2, 0) is 11.8 Å². The lowest BCUT2D eigenvalue weighted by Gasteiger charge is -2.20. The molecule has 1 aromatic carbocycles. The number of carbonyl (C=O) groups excluding carboxylic acids is 1. The van der Waals surface area contributed by atoms with Crippen molar-refractivity contribution in [2.45, 2.75) is 16.9 Å². The predicted octanol–water partition coefficient (Wildman–Crippen LogP) is 1.69. The second-order valence-corrected chi connectivity index (χ2v) is 7.29. The topological polar surface area (TPSA) is 59.0 Å². The summed E-state index contributed by atoms with van der Waals surface area (Å²) >= 11 is 1.82. The summed E-state index contributed by atoms with van der Waals surface area (Å²) in [6, 6.07) is 8.46. The summed E-state index contributed by atoms with van der Waals surface area (Å²) < 4.78 is 1.80. The maximum Gasteiger partial charge on any atom is 0.225 e. The third kappa shape index (κ3) is 2.77. The summed E-state index contributed by atoms with van der Waals surface area (Å²) in [5.41, 5.74) is 2.38. The SMILES string of the molecule is Cn1cc([C@H]2CNC[C@@H]2C(=O)NC2CSc3ccccc32)cn1. The first-order valence-corrected chi connectivity index (χ1v) is 8.92. The van der Waals surface area contributed by atoms with Crippen molar-refractivity contribution < 1.29 is 4.79 Å². The predicted molar refractivity (Wildman–Crippen MR) is 90.4 cm³/mol. The third-order valence-corrected chi connectivity index (χ3v) is 5.90. The van der Waals surface area contributed by atoms with Gasteiger partial charge in [0.2, 0.25) is 5.91 Å². The normalized spacial score (nSPS) is 26.2. The monoisotopic (exact) mass is 328 g/mol. The number of hydrogen-bond acceptors (Lipinski definition) is 4. The van der Waals surface area contributed by atoms with Gasteiger partial charge in [-0.1, -0.05) is 18.2 Å². The van der Waals surface area contributed by atoms with Gasteiger partial charge in [0.05, 0.1) is 18.2 Å². The maximum atomic E-state index is 12.8. The van der Waals surface area contributed by atoms with E-state index in [1.807, 2.05) is 37.3 Å². The maximum absolute atomic E-state index is 12.8. The van der Waals surface area contributed by atoms with Gasteiger partial charge in [0.25, 0.3) is 0 Å². The Bertz CT molecular complexity index is 729. The lowest BCUT2D eigenvalue weighted by Crippen LogP contribution is -2.37. The van der Waals surface area contributed by atoms with Crippen LogP contribution in [0.25, 0.3) is 0 Å². The molecule has 1 fully saturated rings. The van der Waals surface area contributed by atoms with Gasteiger partial charge < -0.3 is 10.6 Å². The molecule has 1 saturated heterocycles. The molecule has 0 spiro atoms. The Morgan fingerprint density at radius 3 is 3.09 bits per heavy atom. The van der Waals surface area contributed by atoms with Crippen LogP contribution in [0.4, 0.5) is 0 Å². The molecule has 0 radical (unpaired) electrons. The number of fused-ring (bicyclic) bond motifs is 1. The van der Waals surface area contributed by atoms with Crippen molar-refractivity contribution in [3.8, 4) is 0 Å². The van der Waals surface area contributed by atoms with E-state index in [0.717, 1.165) is 24.4 Å². The lowest BCUT2D eigenvalue weighted by molar-refractivity contribution is -0.125. The fraction of sp³-hybridized carbons (Fsp3) is 0.412. The van der Waals surface area contributed by atoms with Crippen molar-refractivity contribution in [3.63, 3.8) is 0 Å². The summed E-state index contributed by atoms with van der Waals surface area (Å²) in [5.74, 6) is 1.24. The van der Waals surface area contributed by atoms with E-state index in [2.05, 4.69) is 33.9 Å². The zero-order valence-corrected chi connectivity index (χ0v) is 13.8. The minimum atomic E-state index is -0.0306. The van der Waals surface area contributed by atoms with E-state index >= 15 is 0 Å². The Balaban J connectivity index is 1.49. The molecule has 1 unspecified atom stereocenters. The molecule has 23 heavy (non-hydrogen) atoms. The number of hydrogen-bond donors (Lipinski definition) is 2. The molecule has 0 bridgehead atoms. The number of carbonyl (C=O) groups is 1. The van der Waals surface area contributed by atoms with E-state index in [1.165, 1.54) is 10.5 Å². The first-order valence-electron chi connectivity index (χ1n) is 7.94. The number of aryl methyl sites for hydroxylation is 1. The number of benzene rings is 1. The van der Waals surface area contributed by atoms with Gasteiger partial charge in [0.15, 0.2) is 0 Å². The summed E-state index contributed by atoms with van der Waals surface area (Å²) in [4.78, 5) is 14.1. The number of rotatable bonds is 3. The van der Waals surface area contributed by atoms with Gasteiger partial charge in [-0.25, -0.2) is 0 Å². The number of nitrogens with one attached hydrogen (secondary N) is 2. The Kier molecular flexibility index (Phi) is 3.87. The Labute approximate surface area is 139 Å². The zero-order valence-electron chi connectivity index (χ0n) is 13.0. The molecule has 0 aliphatic carbocycles. The van der Waals surface area contributed by atoms with Crippen LogP contribution in [0.2, 0.25) is 0 Å². The Morgan fingerprint density at radius 1 is 1.39 bits per heavy atom. The molecule has 2 aliphatic rings. The second-order valence-electron chi connectivity index (χ2n) is 6.23. The minimum absolute atomic E-state index is 0.0306. The van der Waals surface area contributed by atoms with Gasteiger partial charge in [0, 0.05) is 42.9 Å². The van der Waals surface area contributed by atoms with E-state index in [0.29, 0.717) is 0 Å². The summed E-state index contributed by atoms with van der Waals surface area (Å²) in [5, 5.41) is 10.9. The van der Waals surface area contributed by atoms with E-state index in [4.69, 9.17) is 0 Å². The van der Waals surface area contributed by atoms with E-state index in [1.54, 1.807) is 4.68 Å². The third-order valence-electron chi connectivity index (χ3n) is 4.72. The van der Waals surface area contributed by atoms with Crippen LogP contribution in [0.5, 0.6) is 0 Å². The molecule has 3 heterocycles. The van der Waals surface area contributed by atoms with Crippen LogP contribution < -0.4 is 10.6 Å². The Hall–Kier alpha value is -1.79. The van der Waals surface area contributed by atoms with Crippen LogP contribution in [0.15, 0.2) is 41.6 Å². The highest BCUT2D eigenvalue weighted by molar-refractivity contribution is 7.99. The molecule has 6 heteroatoms. The molecule has 120 valence electrons. The summed E-state index contributed by atoms with van der Waals surface area (Å²) in [6.07, 6.45) is 3.89. The average Bonchev–Trinajstić information content (AvgIpc) is 3.26. The van der Waals surface area contributed by atoms with Crippen LogP contribution >= 0.6 is 11.8 Å². The molecule has 0 saturated carbocycles. The summed E-state index contributed by atoms with van der Waals surface area (Å²) in [6.45, 7) is 1.56. The fourth-order valence-corrected chi connectivity index (χ4v) is 4.66. The lowest BCUT2D eigenvalue weighted by atomic mass is 9.90. The van der Waals surface area contributed by atoms with Crippen molar-refractivity contribution in [1.29, 1.82) is 0 Å². The van der Waals surface area contributed by atoms with E-state index in [9.17, 15) is 4.79 Å². The summed E-state index contributed by atoms with van der Waals surface area (Å²) in [7, 11) is 1.91. The van der Waals surface area contributed by atoms with Crippen LogP contribution in [0.3, 0.4) is 0 Å². The molecular weight excluding hydrogens is 308 g/mol. The quantitative estimate of drug-likeness (QED) is 0.900.